The molecule has 2 aromatic carbocycles. The molecule has 0 saturated carbocycles. The Morgan fingerprint density at radius 3 is 2.16 bits per heavy atom. The van der Waals surface area contributed by atoms with E-state index in [1.807, 2.05) is 24.3 Å². The molecule has 0 radical (unpaired) electrons. The summed E-state index contributed by atoms with van der Waals surface area (Å²) in [6, 6.07) is 15.8. The van der Waals surface area contributed by atoms with Crippen LogP contribution in [-0.4, -0.2) is 42.3 Å². The van der Waals surface area contributed by atoms with Crippen LogP contribution >= 0.6 is 0 Å². The Labute approximate surface area is 181 Å². The molecule has 3 rings (SSSR count). The van der Waals surface area contributed by atoms with E-state index in [1.54, 1.807) is 13.8 Å². The lowest BCUT2D eigenvalue weighted by molar-refractivity contribution is -0.137. The van der Waals surface area contributed by atoms with Crippen molar-refractivity contribution in [2.75, 3.05) is 13.2 Å². The minimum Gasteiger partial charge on any atom is -0.481 e. The van der Waals surface area contributed by atoms with E-state index in [-0.39, 0.29) is 30.8 Å². The van der Waals surface area contributed by atoms with Crippen LogP contribution < -0.4 is 10.6 Å². The van der Waals surface area contributed by atoms with Gasteiger partial charge in [-0.05, 0) is 35.6 Å². The summed E-state index contributed by atoms with van der Waals surface area (Å²) in [4.78, 5) is 35.0. The third kappa shape index (κ3) is 5.63. The number of carboxylic acids is 1. The largest absolute Gasteiger partial charge is 0.481 e. The monoisotopic (exact) mass is 424 g/mol. The van der Waals surface area contributed by atoms with E-state index >= 15 is 0 Å². The van der Waals surface area contributed by atoms with E-state index in [1.165, 1.54) is 11.1 Å². The molecule has 0 bridgehead atoms. The molecule has 0 fully saturated rings. The minimum atomic E-state index is -0.961. The zero-order valence-electron chi connectivity index (χ0n) is 17.8. The number of nitrogens with one attached hydrogen (secondary N) is 2. The first-order valence-corrected chi connectivity index (χ1v) is 10.5. The summed E-state index contributed by atoms with van der Waals surface area (Å²) >= 11 is 0. The van der Waals surface area contributed by atoms with Crippen molar-refractivity contribution in [1.29, 1.82) is 0 Å². The predicted molar refractivity (Wildman–Crippen MR) is 117 cm³/mol. The van der Waals surface area contributed by atoms with Crippen molar-refractivity contribution >= 4 is 18.0 Å². The Kier molecular flexibility index (Phi) is 7.28. The van der Waals surface area contributed by atoms with Gasteiger partial charge in [0.2, 0.25) is 5.91 Å². The van der Waals surface area contributed by atoms with Crippen molar-refractivity contribution in [3.05, 3.63) is 59.7 Å². The van der Waals surface area contributed by atoms with Gasteiger partial charge in [-0.15, -0.1) is 0 Å². The Morgan fingerprint density at radius 2 is 1.58 bits per heavy atom. The van der Waals surface area contributed by atoms with E-state index in [9.17, 15) is 14.4 Å². The Balaban J connectivity index is 1.45. The quantitative estimate of drug-likeness (QED) is 0.571. The van der Waals surface area contributed by atoms with Gasteiger partial charge in [0, 0.05) is 24.4 Å². The van der Waals surface area contributed by atoms with Crippen molar-refractivity contribution in [2.24, 2.45) is 5.92 Å². The summed E-state index contributed by atoms with van der Waals surface area (Å²) in [6.45, 7) is 3.91. The van der Waals surface area contributed by atoms with Crippen molar-refractivity contribution in [3.63, 3.8) is 0 Å². The number of alkyl carbamates (subject to hydrolysis) is 1. The van der Waals surface area contributed by atoms with Crippen molar-refractivity contribution in [2.45, 2.75) is 38.6 Å². The molecule has 164 valence electrons. The zero-order chi connectivity index (χ0) is 22.4. The molecule has 2 amide bonds. The molecule has 31 heavy (non-hydrogen) atoms. The summed E-state index contributed by atoms with van der Waals surface area (Å²) in [6.07, 6.45) is -0.222. The molecule has 1 unspecified atom stereocenters. The molecule has 7 nitrogen and oxygen atoms in total. The molecule has 0 spiro atoms. The number of rotatable bonds is 9. The highest BCUT2D eigenvalue weighted by molar-refractivity contribution is 5.80. The number of aliphatic carboxylic acids is 1. The SMILES string of the molecule is CC(CCNC(=O)OCC1c2ccccc2-c2ccccc21)C(=O)N[C@H](C)CC(=O)O. The van der Waals surface area contributed by atoms with Crippen LogP contribution in [0.5, 0.6) is 0 Å². The highest BCUT2D eigenvalue weighted by Gasteiger charge is 2.29. The maximum Gasteiger partial charge on any atom is 0.407 e. The van der Waals surface area contributed by atoms with Crippen molar-refractivity contribution < 1.29 is 24.2 Å². The fourth-order valence-electron chi connectivity index (χ4n) is 3.87. The molecule has 3 N–H and O–H groups in total. The molecule has 0 aliphatic heterocycles. The van der Waals surface area contributed by atoms with Crippen LogP contribution in [0.4, 0.5) is 4.79 Å². The first-order chi connectivity index (χ1) is 14.9. The Hall–Kier alpha value is -3.35. The Bertz CT molecular complexity index is 913. The normalized spacial score (nSPS) is 14.1. The van der Waals surface area contributed by atoms with Crippen LogP contribution in [-0.2, 0) is 14.3 Å². The lowest BCUT2D eigenvalue weighted by Gasteiger charge is -2.17. The van der Waals surface area contributed by atoms with Gasteiger partial charge in [0.15, 0.2) is 0 Å². The second-order valence-electron chi connectivity index (χ2n) is 7.95. The highest BCUT2D eigenvalue weighted by atomic mass is 16.5. The smallest absolute Gasteiger partial charge is 0.407 e. The number of amides is 2. The first kappa shape index (κ1) is 22.3. The highest BCUT2D eigenvalue weighted by Crippen LogP contribution is 2.44. The van der Waals surface area contributed by atoms with E-state index in [0.29, 0.717) is 13.0 Å². The summed E-state index contributed by atoms with van der Waals surface area (Å²) in [5.41, 5.74) is 4.64. The third-order valence-electron chi connectivity index (χ3n) is 5.51. The van der Waals surface area contributed by atoms with Gasteiger partial charge in [-0.1, -0.05) is 55.5 Å². The number of ether oxygens (including phenoxy) is 1. The molecule has 0 saturated heterocycles. The van der Waals surface area contributed by atoms with Gasteiger partial charge in [-0.2, -0.15) is 0 Å². The third-order valence-corrected chi connectivity index (χ3v) is 5.51. The van der Waals surface area contributed by atoms with Gasteiger partial charge in [0.05, 0.1) is 6.42 Å². The Morgan fingerprint density at radius 1 is 1.00 bits per heavy atom. The number of fused-ring (bicyclic) bond motifs is 3. The molecule has 2 atom stereocenters. The number of carboxylic acid groups (broad SMARTS) is 1. The molecule has 1 aliphatic rings. The molecule has 0 aromatic heterocycles. The average Bonchev–Trinajstić information content (AvgIpc) is 3.05. The topological polar surface area (TPSA) is 105 Å². The summed E-state index contributed by atoms with van der Waals surface area (Å²) in [5.74, 6) is -1.55. The standard InChI is InChI=1S/C24H28N2O5/c1-15(23(29)26-16(2)13-22(27)28)11-12-25-24(30)31-14-21-19-9-5-3-7-17(19)18-8-4-6-10-20(18)21/h3-10,15-16,21H,11-14H2,1-2H3,(H,25,30)(H,26,29)(H,27,28)/t15?,16-/m1/s1. The fraction of sp³-hybridized carbons (Fsp3) is 0.375. The van der Waals surface area contributed by atoms with Crippen LogP contribution in [0.25, 0.3) is 11.1 Å². The number of benzene rings is 2. The molecular weight excluding hydrogens is 396 g/mol. The van der Waals surface area contributed by atoms with Crippen molar-refractivity contribution in [3.8, 4) is 11.1 Å². The minimum absolute atomic E-state index is 0.00132. The maximum atomic E-state index is 12.2. The van der Waals surface area contributed by atoms with E-state index in [0.717, 1.165) is 11.1 Å². The molecule has 0 heterocycles. The molecule has 2 aromatic rings. The number of carbonyl (C=O) groups excluding carboxylic acids is 2. The van der Waals surface area contributed by atoms with Gasteiger partial charge >= 0.3 is 12.1 Å². The van der Waals surface area contributed by atoms with Gasteiger partial charge in [0.25, 0.3) is 0 Å². The molecular formula is C24H28N2O5. The zero-order valence-corrected chi connectivity index (χ0v) is 17.8. The first-order valence-electron chi connectivity index (χ1n) is 10.5. The van der Waals surface area contributed by atoms with Gasteiger partial charge in [0.1, 0.15) is 6.61 Å². The number of hydrogen-bond donors (Lipinski definition) is 3. The van der Waals surface area contributed by atoms with Crippen LogP contribution in [0.3, 0.4) is 0 Å². The van der Waals surface area contributed by atoms with Gasteiger partial charge in [-0.25, -0.2) is 4.79 Å². The molecule has 1 aliphatic carbocycles. The second kappa shape index (κ2) is 10.1. The summed E-state index contributed by atoms with van der Waals surface area (Å²) in [5, 5.41) is 14.1. The maximum absolute atomic E-state index is 12.2. The van der Waals surface area contributed by atoms with E-state index in [2.05, 4.69) is 34.9 Å². The van der Waals surface area contributed by atoms with Gasteiger partial charge in [-0.3, -0.25) is 9.59 Å². The number of carbonyl (C=O) groups is 3. The van der Waals surface area contributed by atoms with Crippen LogP contribution in [0.1, 0.15) is 43.7 Å². The fourth-order valence-corrected chi connectivity index (χ4v) is 3.87. The average molecular weight is 424 g/mol. The number of hydrogen-bond acceptors (Lipinski definition) is 4. The van der Waals surface area contributed by atoms with Crippen LogP contribution in [0.2, 0.25) is 0 Å². The van der Waals surface area contributed by atoms with Crippen LogP contribution in [0, 0.1) is 5.92 Å². The second-order valence-corrected chi connectivity index (χ2v) is 7.95. The van der Waals surface area contributed by atoms with E-state index in [4.69, 9.17) is 9.84 Å². The van der Waals surface area contributed by atoms with Crippen LogP contribution in [0.15, 0.2) is 48.5 Å². The lowest BCUT2D eigenvalue weighted by Crippen LogP contribution is -2.38. The molecule has 7 heteroatoms. The summed E-state index contributed by atoms with van der Waals surface area (Å²) < 4.78 is 5.47. The van der Waals surface area contributed by atoms with Gasteiger partial charge < -0.3 is 20.5 Å². The van der Waals surface area contributed by atoms with Crippen molar-refractivity contribution in [1.82, 2.24) is 10.6 Å². The lowest BCUT2D eigenvalue weighted by atomic mass is 9.98. The predicted octanol–water partition coefficient (Wildman–Crippen LogP) is 3.53. The summed E-state index contributed by atoms with van der Waals surface area (Å²) in [7, 11) is 0. The van der Waals surface area contributed by atoms with E-state index < -0.39 is 18.1 Å².